The van der Waals surface area contributed by atoms with Crippen molar-refractivity contribution in [2.45, 2.75) is 36.8 Å². The largest absolute Gasteiger partial charge is 0.377 e. The summed E-state index contributed by atoms with van der Waals surface area (Å²) in [6, 6.07) is 5.11. The van der Waals surface area contributed by atoms with Crippen LogP contribution < -0.4 is 5.73 Å². The van der Waals surface area contributed by atoms with E-state index in [2.05, 4.69) is 0 Å². The average molecular weight is 255 g/mol. The van der Waals surface area contributed by atoms with Crippen LogP contribution in [-0.4, -0.2) is 18.5 Å². The Morgan fingerprint density at radius 1 is 1.59 bits per heavy atom. The number of hydrogen-bond acceptors (Lipinski definition) is 3. The van der Waals surface area contributed by atoms with Crippen LogP contribution in [-0.2, 0) is 4.74 Å². The van der Waals surface area contributed by atoms with E-state index in [0.29, 0.717) is 4.90 Å². The maximum atomic E-state index is 13.8. The van der Waals surface area contributed by atoms with E-state index < -0.39 is 0 Å². The van der Waals surface area contributed by atoms with Gasteiger partial charge in [-0.05, 0) is 37.5 Å². The monoisotopic (exact) mass is 255 g/mol. The van der Waals surface area contributed by atoms with Crippen molar-refractivity contribution < 1.29 is 9.13 Å². The van der Waals surface area contributed by atoms with Gasteiger partial charge in [0.15, 0.2) is 0 Å². The number of rotatable bonds is 4. The Kier molecular flexibility index (Phi) is 4.42. The smallest absolute Gasteiger partial charge is 0.137 e. The highest BCUT2D eigenvalue weighted by atomic mass is 32.2. The molecule has 17 heavy (non-hydrogen) atoms. The number of ether oxygens (including phenoxy) is 1. The van der Waals surface area contributed by atoms with E-state index >= 15 is 0 Å². The summed E-state index contributed by atoms with van der Waals surface area (Å²) in [4.78, 5) is 0.685. The highest BCUT2D eigenvalue weighted by molar-refractivity contribution is 7.99. The second-order valence-electron chi connectivity index (χ2n) is 4.42. The molecule has 1 unspecified atom stereocenters. The Morgan fingerprint density at radius 2 is 2.41 bits per heavy atom. The van der Waals surface area contributed by atoms with Gasteiger partial charge in [0.2, 0.25) is 0 Å². The minimum absolute atomic E-state index is 0.123. The van der Waals surface area contributed by atoms with E-state index in [1.165, 1.54) is 17.8 Å². The van der Waals surface area contributed by atoms with E-state index in [1.807, 2.05) is 19.1 Å². The summed E-state index contributed by atoms with van der Waals surface area (Å²) in [5.74, 6) is 0.650. The summed E-state index contributed by atoms with van der Waals surface area (Å²) in [7, 11) is 0. The molecule has 1 aliphatic heterocycles. The molecule has 2 atom stereocenters. The Balaban J connectivity index is 1.96. The predicted octanol–water partition coefficient (Wildman–Crippen LogP) is 3.12. The van der Waals surface area contributed by atoms with E-state index in [0.717, 1.165) is 30.8 Å². The van der Waals surface area contributed by atoms with Crippen LogP contribution in [0.5, 0.6) is 0 Å². The third-order valence-electron chi connectivity index (χ3n) is 2.93. The van der Waals surface area contributed by atoms with Crippen molar-refractivity contribution in [3.63, 3.8) is 0 Å². The third kappa shape index (κ3) is 3.44. The normalized spacial score (nSPS) is 21.7. The van der Waals surface area contributed by atoms with Gasteiger partial charge in [0.1, 0.15) is 5.82 Å². The molecule has 0 bridgehead atoms. The van der Waals surface area contributed by atoms with Crippen LogP contribution in [0.15, 0.2) is 23.1 Å². The van der Waals surface area contributed by atoms with Gasteiger partial charge in [0, 0.05) is 23.3 Å². The van der Waals surface area contributed by atoms with Gasteiger partial charge in [-0.15, -0.1) is 11.8 Å². The van der Waals surface area contributed by atoms with Crippen molar-refractivity contribution in [3.05, 3.63) is 29.6 Å². The van der Waals surface area contributed by atoms with Gasteiger partial charge in [0.25, 0.3) is 0 Å². The molecule has 0 saturated carbocycles. The van der Waals surface area contributed by atoms with Gasteiger partial charge in [0.05, 0.1) is 6.10 Å². The maximum Gasteiger partial charge on any atom is 0.137 e. The Bertz CT molecular complexity index is 378. The summed E-state index contributed by atoms with van der Waals surface area (Å²) in [5, 5.41) is 0. The van der Waals surface area contributed by atoms with Crippen molar-refractivity contribution in [3.8, 4) is 0 Å². The number of hydrogen-bond donors (Lipinski definition) is 1. The SMILES string of the molecule is C[C@@H](N)c1ccc(SCC2CCCO2)c(F)c1. The van der Waals surface area contributed by atoms with Crippen molar-refractivity contribution >= 4 is 11.8 Å². The van der Waals surface area contributed by atoms with Crippen LogP contribution in [0.3, 0.4) is 0 Å². The van der Waals surface area contributed by atoms with Crippen molar-refractivity contribution in [2.75, 3.05) is 12.4 Å². The molecule has 0 spiro atoms. The molecule has 4 heteroatoms. The van der Waals surface area contributed by atoms with Crippen molar-refractivity contribution in [1.29, 1.82) is 0 Å². The molecular weight excluding hydrogens is 237 g/mol. The second-order valence-corrected chi connectivity index (χ2v) is 5.49. The van der Waals surface area contributed by atoms with Crippen LogP contribution >= 0.6 is 11.8 Å². The summed E-state index contributed by atoms with van der Waals surface area (Å²) in [5.41, 5.74) is 6.55. The molecule has 2 N–H and O–H groups in total. The molecule has 94 valence electrons. The van der Waals surface area contributed by atoms with Crippen LogP contribution in [0.25, 0.3) is 0 Å². The molecule has 0 amide bonds. The molecule has 1 fully saturated rings. The van der Waals surface area contributed by atoms with Gasteiger partial charge in [-0.25, -0.2) is 4.39 Å². The molecule has 1 aromatic rings. The quantitative estimate of drug-likeness (QED) is 0.840. The first-order chi connectivity index (χ1) is 8.16. The Morgan fingerprint density at radius 3 is 3.00 bits per heavy atom. The molecule has 2 rings (SSSR count). The average Bonchev–Trinajstić information content (AvgIpc) is 2.80. The maximum absolute atomic E-state index is 13.8. The zero-order valence-electron chi connectivity index (χ0n) is 9.99. The molecule has 1 heterocycles. The Hall–Kier alpha value is -0.580. The van der Waals surface area contributed by atoms with Crippen molar-refractivity contribution in [1.82, 2.24) is 0 Å². The number of nitrogens with two attached hydrogens (primary N) is 1. The fourth-order valence-corrected chi connectivity index (χ4v) is 2.87. The summed E-state index contributed by atoms with van der Waals surface area (Å²) in [6.45, 7) is 2.70. The zero-order chi connectivity index (χ0) is 12.3. The van der Waals surface area contributed by atoms with E-state index in [9.17, 15) is 4.39 Å². The Labute approximate surface area is 106 Å². The summed E-state index contributed by atoms with van der Waals surface area (Å²) >= 11 is 1.52. The second kappa shape index (κ2) is 5.85. The lowest BCUT2D eigenvalue weighted by Crippen LogP contribution is -2.08. The third-order valence-corrected chi connectivity index (χ3v) is 4.11. The molecule has 0 aliphatic carbocycles. The molecule has 0 radical (unpaired) electrons. The topological polar surface area (TPSA) is 35.2 Å². The first-order valence-corrected chi connectivity index (χ1v) is 6.95. The molecule has 0 aromatic heterocycles. The molecule has 2 nitrogen and oxygen atoms in total. The van der Waals surface area contributed by atoms with Gasteiger partial charge in [-0.3, -0.25) is 0 Å². The minimum Gasteiger partial charge on any atom is -0.377 e. The van der Waals surface area contributed by atoms with Crippen LogP contribution in [0.4, 0.5) is 4.39 Å². The number of halogens is 1. The lowest BCUT2D eigenvalue weighted by atomic mass is 10.1. The van der Waals surface area contributed by atoms with Gasteiger partial charge >= 0.3 is 0 Å². The fourth-order valence-electron chi connectivity index (χ4n) is 1.88. The molecule has 1 aliphatic rings. The van der Waals surface area contributed by atoms with Gasteiger partial charge in [-0.1, -0.05) is 6.07 Å². The van der Waals surface area contributed by atoms with Crippen LogP contribution in [0.2, 0.25) is 0 Å². The summed E-state index contributed by atoms with van der Waals surface area (Å²) < 4.78 is 19.3. The number of benzene rings is 1. The lowest BCUT2D eigenvalue weighted by molar-refractivity contribution is 0.129. The highest BCUT2D eigenvalue weighted by Gasteiger charge is 2.16. The minimum atomic E-state index is -0.178. The zero-order valence-corrected chi connectivity index (χ0v) is 10.8. The first-order valence-electron chi connectivity index (χ1n) is 5.96. The lowest BCUT2D eigenvalue weighted by Gasteiger charge is -2.11. The van der Waals surface area contributed by atoms with Crippen molar-refractivity contribution in [2.24, 2.45) is 5.73 Å². The van der Waals surface area contributed by atoms with Gasteiger partial charge < -0.3 is 10.5 Å². The fraction of sp³-hybridized carbons (Fsp3) is 0.538. The standard InChI is InChI=1S/C13H18FNOS/c1-9(15)10-4-5-13(12(14)7-10)17-8-11-3-2-6-16-11/h4-5,7,9,11H,2-3,6,8,15H2,1H3/t9-,11?/m1/s1. The van der Waals surface area contributed by atoms with Crippen LogP contribution in [0.1, 0.15) is 31.4 Å². The first kappa shape index (κ1) is 12.9. The van der Waals surface area contributed by atoms with Gasteiger partial charge in [-0.2, -0.15) is 0 Å². The highest BCUT2D eigenvalue weighted by Crippen LogP contribution is 2.27. The van der Waals surface area contributed by atoms with E-state index in [-0.39, 0.29) is 18.0 Å². The number of thioether (sulfide) groups is 1. The van der Waals surface area contributed by atoms with E-state index in [1.54, 1.807) is 0 Å². The van der Waals surface area contributed by atoms with E-state index in [4.69, 9.17) is 10.5 Å². The molecular formula is C13H18FNOS. The molecule has 1 saturated heterocycles. The summed E-state index contributed by atoms with van der Waals surface area (Å²) in [6.07, 6.45) is 2.50. The predicted molar refractivity (Wildman–Crippen MR) is 68.7 cm³/mol. The molecule has 1 aromatic carbocycles. The van der Waals surface area contributed by atoms with Crippen LogP contribution in [0, 0.1) is 5.82 Å².